The fraction of sp³-hybridized carbons (Fsp3) is 0.400. The van der Waals surface area contributed by atoms with Crippen LogP contribution in [0.3, 0.4) is 0 Å². The molecule has 1 aromatic rings. The van der Waals surface area contributed by atoms with Crippen molar-refractivity contribution in [1.82, 2.24) is 9.22 Å². The minimum absolute atomic E-state index is 0.515. The monoisotopic (exact) mass is 142 g/mol. The van der Waals surface area contributed by atoms with E-state index in [0.717, 1.165) is 6.61 Å². The van der Waals surface area contributed by atoms with E-state index in [1.807, 2.05) is 17.4 Å². The van der Waals surface area contributed by atoms with E-state index in [0.29, 0.717) is 0 Å². The summed E-state index contributed by atoms with van der Waals surface area (Å²) in [4.78, 5) is 3.89. The quantitative estimate of drug-likeness (QED) is 0.545. The Morgan fingerprint density at radius 1 is 1.78 bits per heavy atom. The van der Waals surface area contributed by atoms with Crippen molar-refractivity contribution in [3.63, 3.8) is 0 Å². The first-order valence-corrected chi connectivity index (χ1v) is 4.18. The summed E-state index contributed by atoms with van der Waals surface area (Å²) in [5.74, 6) is 0. The Hall–Kier alpha value is -0.613. The molecule has 1 heterocycles. The molecular formula is C5H10N2OSi. The third kappa shape index (κ3) is 1.99. The number of aromatic nitrogens is 2. The Morgan fingerprint density at radius 3 is 3.22 bits per heavy atom. The molecule has 0 saturated heterocycles. The molecule has 1 rings (SSSR count). The molecule has 0 atom stereocenters. The summed E-state index contributed by atoms with van der Waals surface area (Å²) < 4.78 is 7.26. The highest BCUT2D eigenvalue weighted by molar-refractivity contribution is 6.24. The number of rotatable bonds is 3. The third-order valence-corrected chi connectivity index (χ3v) is 2.27. The van der Waals surface area contributed by atoms with E-state index in [1.165, 1.54) is 0 Å². The molecule has 0 fully saturated rings. The summed E-state index contributed by atoms with van der Waals surface area (Å²) in [6.07, 6.45) is 5.50. The zero-order chi connectivity index (χ0) is 6.53. The third-order valence-electron chi connectivity index (χ3n) is 1.00. The van der Waals surface area contributed by atoms with E-state index in [4.69, 9.17) is 4.43 Å². The molecule has 0 radical (unpaired) electrons. The minimum atomic E-state index is -0.515. The molecular weight excluding hydrogens is 132 g/mol. The predicted molar refractivity (Wildman–Crippen MR) is 37.8 cm³/mol. The topological polar surface area (TPSA) is 27.1 Å². The lowest BCUT2D eigenvalue weighted by Crippen LogP contribution is -2.07. The molecule has 1 aromatic heterocycles. The van der Waals surface area contributed by atoms with Gasteiger partial charge in [0.2, 0.25) is 0 Å². The highest BCUT2D eigenvalue weighted by atomic mass is 28.2. The van der Waals surface area contributed by atoms with E-state index < -0.39 is 9.92 Å². The van der Waals surface area contributed by atoms with Gasteiger partial charge in [0.25, 0.3) is 9.92 Å². The second-order valence-electron chi connectivity index (χ2n) is 1.70. The van der Waals surface area contributed by atoms with E-state index in [1.54, 1.807) is 12.5 Å². The van der Waals surface area contributed by atoms with Gasteiger partial charge in [0.15, 0.2) is 0 Å². The molecule has 3 nitrogen and oxygen atoms in total. The van der Waals surface area contributed by atoms with Crippen molar-refractivity contribution < 1.29 is 4.43 Å². The van der Waals surface area contributed by atoms with Crippen LogP contribution in [0.2, 0.25) is 0 Å². The highest BCUT2D eigenvalue weighted by Crippen LogP contribution is 1.80. The molecule has 0 amide bonds. The minimum Gasteiger partial charge on any atom is -0.403 e. The molecule has 0 saturated carbocycles. The standard InChI is InChI=1S/C5H10N2OSi/c1-2-8-9-7-4-3-6-5-7/h3-5H,2,9H2,1H3. The van der Waals surface area contributed by atoms with Crippen LogP contribution >= 0.6 is 0 Å². The summed E-state index contributed by atoms with van der Waals surface area (Å²) in [5.41, 5.74) is 0. The van der Waals surface area contributed by atoms with Crippen molar-refractivity contribution >= 4 is 9.92 Å². The maximum Gasteiger partial charge on any atom is 0.272 e. The van der Waals surface area contributed by atoms with Crippen molar-refractivity contribution in [2.24, 2.45) is 0 Å². The van der Waals surface area contributed by atoms with Gasteiger partial charge in [-0.2, -0.15) is 0 Å². The van der Waals surface area contributed by atoms with Crippen LogP contribution in [0.5, 0.6) is 0 Å². The van der Waals surface area contributed by atoms with Crippen molar-refractivity contribution in [3.8, 4) is 0 Å². The predicted octanol–water partition coefficient (Wildman–Crippen LogP) is -0.234. The van der Waals surface area contributed by atoms with E-state index in [-0.39, 0.29) is 0 Å². The van der Waals surface area contributed by atoms with Crippen LogP contribution in [0.1, 0.15) is 6.92 Å². The summed E-state index contributed by atoms with van der Waals surface area (Å²) in [6.45, 7) is 2.81. The van der Waals surface area contributed by atoms with Crippen LogP contribution < -0.4 is 0 Å². The highest BCUT2D eigenvalue weighted by Gasteiger charge is 1.86. The molecule has 50 valence electrons. The van der Waals surface area contributed by atoms with Crippen molar-refractivity contribution in [2.75, 3.05) is 6.61 Å². The van der Waals surface area contributed by atoms with E-state index in [9.17, 15) is 0 Å². The summed E-state index contributed by atoms with van der Waals surface area (Å²) in [7, 11) is -0.515. The lowest BCUT2D eigenvalue weighted by atomic mass is 10.9. The molecule has 9 heavy (non-hydrogen) atoms. The van der Waals surface area contributed by atoms with Crippen molar-refractivity contribution in [2.45, 2.75) is 6.92 Å². The first kappa shape index (κ1) is 6.51. The van der Waals surface area contributed by atoms with Crippen molar-refractivity contribution in [1.29, 1.82) is 0 Å². The van der Waals surface area contributed by atoms with Gasteiger partial charge in [-0.05, 0) is 6.92 Å². The molecule has 0 unspecified atom stereocenters. The Morgan fingerprint density at radius 2 is 2.67 bits per heavy atom. The fourth-order valence-corrected chi connectivity index (χ4v) is 1.29. The van der Waals surface area contributed by atoms with Crippen LogP contribution in [0.15, 0.2) is 18.7 Å². The van der Waals surface area contributed by atoms with Gasteiger partial charge in [-0.15, -0.1) is 0 Å². The molecule has 0 aromatic carbocycles. The molecule has 0 N–H and O–H groups in total. The molecule has 0 bridgehead atoms. The fourth-order valence-electron chi connectivity index (χ4n) is 0.560. The van der Waals surface area contributed by atoms with Crippen LogP contribution in [0, 0.1) is 0 Å². The number of hydrogen-bond donors (Lipinski definition) is 0. The largest absolute Gasteiger partial charge is 0.403 e. The van der Waals surface area contributed by atoms with Crippen LogP contribution in [-0.4, -0.2) is 25.7 Å². The normalized spacial score (nSPS) is 11.2. The maximum absolute atomic E-state index is 5.24. The maximum atomic E-state index is 5.24. The zero-order valence-corrected chi connectivity index (χ0v) is 6.86. The number of nitrogens with zero attached hydrogens (tertiary/aromatic N) is 2. The van der Waals surface area contributed by atoms with E-state index >= 15 is 0 Å². The lowest BCUT2D eigenvalue weighted by Gasteiger charge is -1.97. The Kier molecular flexibility index (Phi) is 2.47. The van der Waals surface area contributed by atoms with Crippen LogP contribution in [-0.2, 0) is 4.43 Å². The van der Waals surface area contributed by atoms with Gasteiger partial charge in [-0.1, -0.05) is 0 Å². The first-order chi connectivity index (χ1) is 4.43. The van der Waals surface area contributed by atoms with Gasteiger partial charge >= 0.3 is 0 Å². The number of imidazole rings is 1. The zero-order valence-electron chi connectivity index (χ0n) is 5.45. The summed E-state index contributed by atoms with van der Waals surface area (Å²) >= 11 is 0. The first-order valence-electron chi connectivity index (χ1n) is 2.97. The molecule has 0 aliphatic carbocycles. The van der Waals surface area contributed by atoms with Gasteiger partial charge < -0.3 is 8.66 Å². The van der Waals surface area contributed by atoms with Gasteiger partial charge in [0.05, 0.1) is 6.33 Å². The Balaban J connectivity index is 2.30. The SMILES string of the molecule is CCO[SiH2]n1ccnc1. The van der Waals surface area contributed by atoms with Gasteiger partial charge in [-0.25, -0.2) is 4.98 Å². The lowest BCUT2D eigenvalue weighted by molar-refractivity contribution is 0.354. The second kappa shape index (κ2) is 3.42. The average molecular weight is 142 g/mol. The number of hydrogen-bond acceptors (Lipinski definition) is 2. The molecule has 0 spiro atoms. The molecule has 4 heteroatoms. The second-order valence-corrected chi connectivity index (χ2v) is 3.10. The van der Waals surface area contributed by atoms with Gasteiger partial charge in [0, 0.05) is 19.0 Å². The van der Waals surface area contributed by atoms with Crippen LogP contribution in [0.4, 0.5) is 0 Å². The van der Waals surface area contributed by atoms with Gasteiger partial charge in [0.1, 0.15) is 0 Å². The van der Waals surface area contributed by atoms with E-state index in [2.05, 4.69) is 4.98 Å². The average Bonchev–Trinajstić information content (AvgIpc) is 2.34. The Bertz CT molecular complexity index is 152. The van der Waals surface area contributed by atoms with Crippen LogP contribution in [0.25, 0.3) is 0 Å². The van der Waals surface area contributed by atoms with Crippen molar-refractivity contribution in [3.05, 3.63) is 18.7 Å². The summed E-state index contributed by atoms with van der Waals surface area (Å²) in [5, 5.41) is 0. The van der Waals surface area contributed by atoms with Gasteiger partial charge in [-0.3, -0.25) is 0 Å². The summed E-state index contributed by atoms with van der Waals surface area (Å²) in [6, 6.07) is 0. The Labute approximate surface area is 56.7 Å². The molecule has 0 aliphatic heterocycles. The molecule has 0 aliphatic rings. The smallest absolute Gasteiger partial charge is 0.272 e.